The van der Waals surface area contributed by atoms with Gasteiger partial charge in [-0.1, -0.05) is 11.3 Å². The molecule has 0 spiro atoms. The lowest BCUT2D eigenvalue weighted by atomic mass is 9.99. The number of amides is 1. The molecule has 0 bridgehead atoms. The zero-order chi connectivity index (χ0) is 12.5. The fraction of sp³-hybridized carbons (Fsp3) is 0.700. The van der Waals surface area contributed by atoms with E-state index in [0.29, 0.717) is 13.1 Å². The Morgan fingerprint density at radius 3 is 2.94 bits per heavy atom. The molecule has 1 aromatic heterocycles. The van der Waals surface area contributed by atoms with E-state index in [1.165, 1.54) is 11.3 Å². The number of aromatic nitrogens is 2. The van der Waals surface area contributed by atoms with E-state index in [4.69, 9.17) is 0 Å². The highest BCUT2D eigenvalue weighted by Gasteiger charge is 2.37. The molecule has 0 radical (unpaired) electrons. The standard InChI is InChI=1S/C10H17N5OS/c1-10(2)8(16)12-4-5-15(10)6-7-13-14-9(11-3)17-7/h4-6H2,1-3H3,(H,11,14)(H,12,16). The molecule has 1 aliphatic heterocycles. The predicted octanol–water partition coefficient (Wildman–Crippen LogP) is 0.290. The van der Waals surface area contributed by atoms with Gasteiger partial charge in [-0.3, -0.25) is 9.69 Å². The number of anilines is 1. The third kappa shape index (κ3) is 2.39. The van der Waals surface area contributed by atoms with E-state index in [0.717, 1.165) is 16.7 Å². The third-order valence-corrected chi connectivity index (χ3v) is 3.95. The van der Waals surface area contributed by atoms with Gasteiger partial charge in [-0.05, 0) is 13.8 Å². The van der Waals surface area contributed by atoms with Crippen molar-refractivity contribution in [2.75, 3.05) is 25.5 Å². The van der Waals surface area contributed by atoms with Gasteiger partial charge in [-0.2, -0.15) is 0 Å². The van der Waals surface area contributed by atoms with Crippen LogP contribution in [0.1, 0.15) is 18.9 Å². The molecule has 0 aliphatic carbocycles. The molecule has 1 aromatic rings. The van der Waals surface area contributed by atoms with Gasteiger partial charge in [0.05, 0.1) is 12.1 Å². The molecule has 0 unspecified atom stereocenters. The summed E-state index contributed by atoms with van der Waals surface area (Å²) in [6.45, 7) is 6.07. The fourth-order valence-corrected chi connectivity index (χ4v) is 2.51. The van der Waals surface area contributed by atoms with Crippen molar-refractivity contribution in [2.45, 2.75) is 25.9 Å². The number of piperazine rings is 1. The van der Waals surface area contributed by atoms with Gasteiger partial charge in [0, 0.05) is 20.1 Å². The van der Waals surface area contributed by atoms with Crippen molar-refractivity contribution in [3.8, 4) is 0 Å². The second kappa shape index (κ2) is 4.58. The Labute approximate surface area is 104 Å². The van der Waals surface area contributed by atoms with Gasteiger partial charge in [0.25, 0.3) is 0 Å². The van der Waals surface area contributed by atoms with Crippen LogP contribution in [0.15, 0.2) is 0 Å². The van der Waals surface area contributed by atoms with E-state index in [2.05, 4.69) is 25.7 Å². The van der Waals surface area contributed by atoms with Crippen LogP contribution in [0.2, 0.25) is 0 Å². The van der Waals surface area contributed by atoms with Crippen molar-refractivity contribution in [1.29, 1.82) is 0 Å². The molecule has 7 heteroatoms. The number of hydrogen-bond donors (Lipinski definition) is 2. The number of nitrogens with one attached hydrogen (secondary N) is 2. The monoisotopic (exact) mass is 255 g/mol. The van der Waals surface area contributed by atoms with Gasteiger partial charge < -0.3 is 10.6 Å². The normalized spacial score (nSPS) is 20.1. The molecule has 1 saturated heterocycles. The van der Waals surface area contributed by atoms with Gasteiger partial charge in [-0.15, -0.1) is 10.2 Å². The molecule has 0 aromatic carbocycles. The van der Waals surface area contributed by atoms with Crippen molar-refractivity contribution in [3.63, 3.8) is 0 Å². The summed E-state index contributed by atoms with van der Waals surface area (Å²) in [5.74, 6) is 0.0714. The topological polar surface area (TPSA) is 70.2 Å². The van der Waals surface area contributed by atoms with E-state index in [-0.39, 0.29) is 5.91 Å². The van der Waals surface area contributed by atoms with Crippen LogP contribution < -0.4 is 10.6 Å². The molecular weight excluding hydrogens is 238 g/mol. The molecule has 0 atom stereocenters. The Hall–Kier alpha value is -1.21. The van der Waals surface area contributed by atoms with E-state index >= 15 is 0 Å². The molecule has 6 nitrogen and oxygen atoms in total. The molecule has 0 saturated carbocycles. The minimum atomic E-state index is -0.482. The summed E-state index contributed by atoms with van der Waals surface area (Å²) < 4.78 is 0. The molecule has 1 fully saturated rings. The summed E-state index contributed by atoms with van der Waals surface area (Å²) in [6.07, 6.45) is 0. The minimum absolute atomic E-state index is 0.0714. The fourth-order valence-electron chi connectivity index (χ4n) is 1.80. The van der Waals surface area contributed by atoms with Crippen molar-refractivity contribution in [3.05, 3.63) is 5.01 Å². The third-order valence-electron chi connectivity index (χ3n) is 3.02. The number of nitrogens with zero attached hydrogens (tertiary/aromatic N) is 3. The highest BCUT2D eigenvalue weighted by atomic mass is 32.1. The first-order valence-electron chi connectivity index (χ1n) is 5.57. The summed E-state index contributed by atoms with van der Waals surface area (Å²) in [5.41, 5.74) is -0.482. The predicted molar refractivity (Wildman–Crippen MR) is 67.0 cm³/mol. The van der Waals surface area contributed by atoms with Crippen LogP contribution in [0.4, 0.5) is 5.13 Å². The maximum atomic E-state index is 11.8. The largest absolute Gasteiger partial charge is 0.363 e. The van der Waals surface area contributed by atoms with Crippen molar-refractivity contribution >= 4 is 22.4 Å². The average molecular weight is 255 g/mol. The second-order valence-electron chi connectivity index (χ2n) is 4.49. The number of rotatable bonds is 3. The minimum Gasteiger partial charge on any atom is -0.363 e. The molecule has 2 rings (SSSR count). The Morgan fingerprint density at radius 1 is 1.53 bits per heavy atom. The van der Waals surface area contributed by atoms with Crippen LogP contribution in [-0.2, 0) is 11.3 Å². The number of carbonyl (C=O) groups excluding carboxylic acids is 1. The van der Waals surface area contributed by atoms with Crippen molar-refractivity contribution in [1.82, 2.24) is 20.4 Å². The molecule has 2 heterocycles. The summed E-state index contributed by atoms with van der Waals surface area (Å²) in [7, 11) is 1.82. The Balaban J connectivity index is 2.09. The lowest BCUT2D eigenvalue weighted by Gasteiger charge is -2.40. The van der Waals surface area contributed by atoms with E-state index in [1.807, 2.05) is 20.9 Å². The highest BCUT2D eigenvalue weighted by Crippen LogP contribution is 2.23. The maximum absolute atomic E-state index is 11.8. The Morgan fingerprint density at radius 2 is 2.29 bits per heavy atom. The quantitative estimate of drug-likeness (QED) is 0.812. The molecule has 17 heavy (non-hydrogen) atoms. The van der Waals surface area contributed by atoms with Crippen molar-refractivity contribution in [2.24, 2.45) is 0 Å². The van der Waals surface area contributed by atoms with Gasteiger partial charge in [-0.25, -0.2) is 0 Å². The van der Waals surface area contributed by atoms with Crippen LogP contribution in [-0.4, -0.2) is 46.7 Å². The number of hydrogen-bond acceptors (Lipinski definition) is 6. The van der Waals surface area contributed by atoms with Crippen molar-refractivity contribution < 1.29 is 4.79 Å². The molecule has 1 amide bonds. The second-order valence-corrected chi connectivity index (χ2v) is 5.55. The first-order chi connectivity index (χ1) is 8.04. The first-order valence-corrected chi connectivity index (χ1v) is 6.39. The molecule has 2 N–H and O–H groups in total. The van der Waals surface area contributed by atoms with Gasteiger partial charge in [0.2, 0.25) is 11.0 Å². The zero-order valence-corrected chi connectivity index (χ0v) is 11.1. The van der Waals surface area contributed by atoms with Crippen LogP contribution in [0.3, 0.4) is 0 Å². The van der Waals surface area contributed by atoms with Gasteiger partial charge in [0.15, 0.2) is 0 Å². The molecular formula is C10H17N5OS. The average Bonchev–Trinajstić information content (AvgIpc) is 2.73. The van der Waals surface area contributed by atoms with Crippen LogP contribution in [0.25, 0.3) is 0 Å². The van der Waals surface area contributed by atoms with Gasteiger partial charge >= 0.3 is 0 Å². The first kappa shape index (κ1) is 12.3. The molecule has 1 aliphatic rings. The summed E-state index contributed by atoms with van der Waals surface area (Å²) in [6, 6.07) is 0. The highest BCUT2D eigenvalue weighted by molar-refractivity contribution is 7.15. The van der Waals surface area contributed by atoms with Gasteiger partial charge in [0.1, 0.15) is 5.01 Å². The van der Waals surface area contributed by atoms with Crippen LogP contribution >= 0.6 is 11.3 Å². The zero-order valence-electron chi connectivity index (χ0n) is 10.3. The summed E-state index contributed by atoms with van der Waals surface area (Å²) in [4.78, 5) is 13.9. The van der Waals surface area contributed by atoms with E-state index in [9.17, 15) is 4.79 Å². The lowest BCUT2D eigenvalue weighted by molar-refractivity contribution is -0.135. The SMILES string of the molecule is CNc1nnc(CN2CCNC(=O)C2(C)C)s1. The smallest absolute Gasteiger partial charge is 0.240 e. The Bertz CT molecular complexity index is 417. The summed E-state index contributed by atoms with van der Waals surface area (Å²) in [5, 5.41) is 15.7. The Kier molecular flexibility index (Phi) is 3.30. The summed E-state index contributed by atoms with van der Waals surface area (Å²) >= 11 is 1.52. The van der Waals surface area contributed by atoms with Crippen LogP contribution in [0, 0.1) is 0 Å². The van der Waals surface area contributed by atoms with E-state index in [1.54, 1.807) is 0 Å². The van der Waals surface area contributed by atoms with Crippen LogP contribution in [0.5, 0.6) is 0 Å². The maximum Gasteiger partial charge on any atom is 0.240 e. The lowest BCUT2D eigenvalue weighted by Crippen LogP contribution is -2.61. The number of carbonyl (C=O) groups is 1. The molecule has 94 valence electrons. The van der Waals surface area contributed by atoms with E-state index < -0.39 is 5.54 Å².